The second-order valence-corrected chi connectivity index (χ2v) is 4.89. The van der Waals surface area contributed by atoms with Crippen LogP contribution in [0.5, 0.6) is 0 Å². The van der Waals surface area contributed by atoms with Crippen LogP contribution in [0.3, 0.4) is 0 Å². The molecule has 11 heavy (non-hydrogen) atoms. The highest BCUT2D eigenvalue weighted by molar-refractivity contribution is 7.99. The van der Waals surface area contributed by atoms with Gasteiger partial charge in [0.25, 0.3) is 0 Å². The van der Waals surface area contributed by atoms with Crippen LogP contribution in [0, 0.1) is 0 Å². The van der Waals surface area contributed by atoms with Gasteiger partial charge in [0.1, 0.15) is 0 Å². The third-order valence-electron chi connectivity index (χ3n) is 1.54. The van der Waals surface area contributed by atoms with Crippen LogP contribution in [0.15, 0.2) is 0 Å². The van der Waals surface area contributed by atoms with Crippen LogP contribution in [0.25, 0.3) is 0 Å². The van der Waals surface area contributed by atoms with E-state index in [9.17, 15) is 8.42 Å². The summed E-state index contributed by atoms with van der Waals surface area (Å²) in [6, 6.07) is -0.0637. The number of hydrogen-bond acceptors (Lipinski definition) is 3. The molecule has 0 radical (unpaired) electrons. The number of thioether (sulfide) groups is 1. The van der Waals surface area contributed by atoms with Crippen molar-refractivity contribution in [3.8, 4) is 0 Å². The van der Waals surface area contributed by atoms with Gasteiger partial charge < -0.3 is 0 Å². The fraction of sp³-hybridized carbons (Fsp3) is 1.00. The van der Waals surface area contributed by atoms with Crippen molar-refractivity contribution in [1.82, 2.24) is 4.72 Å². The molecule has 0 unspecified atom stereocenters. The molecule has 0 aromatic heterocycles. The van der Waals surface area contributed by atoms with Crippen LogP contribution < -0.4 is 4.72 Å². The maximum Gasteiger partial charge on any atom is 0.333 e. The molecule has 0 saturated carbocycles. The Morgan fingerprint density at radius 1 is 1.36 bits per heavy atom. The minimum absolute atomic E-state index is 0.0637. The van der Waals surface area contributed by atoms with E-state index >= 15 is 0 Å². The lowest BCUT2D eigenvalue weighted by molar-refractivity contribution is 0.443. The summed E-state index contributed by atoms with van der Waals surface area (Å²) in [5, 5.41) is 0. The zero-order chi connectivity index (χ0) is 8.32. The Labute approximate surface area is 70.6 Å². The molecule has 0 atom stereocenters. The maximum atomic E-state index is 10.3. The molecule has 4 nitrogen and oxygen atoms in total. The quantitative estimate of drug-likeness (QED) is 0.624. The molecule has 2 N–H and O–H groups in total. The lowest BCUT2D eigenvalue weighted by atomic mass is 10.2. The molecule has 1 aliphatic rings. The summed E-state index contributed by atoms with van der Waals surface area (Å²) in [7, 11) is -3.98. The zero-order valence-corrected chi connectivity index (χ0v) is 7.62. The summed E-state index contributed by atoms with van der Waals surface area (Å²) in [6.45, 7) is 0. The first-order valence-electron chi connectivity index (χ1n) is 3.40. The van der Waals surface area contributed by atoms with E-state index < -0.39 is 10.3 Å². The van der Waals surface area contributed by atoms with E-state index in [0.29, 0.717) is 0 Å². The monoisotopic (exact) mass is 197 g/mol. The number of hydrogen-bond donors (Lipinski definition) is 2. The third-order valence-corrected chi connectivity index (χ3v) is 3.22. The van der Waals surface area contributed by atoms with Gasteiger partial charge in [0.15, 0.2) is 0 Å². The van der Waals surface area contributed by atoms with Crippen molar-refractivity contribution in [2.75, 3.05) is 11.5 Å². The third kappa shape index (κ3) is 3.95. The van der Waals surface area contributed by atoms with Gasteiger partial charge in [0.05, 0.1) is 0 Å². The summed E-state index contributed by atoms with van der Waals surface area (Å²) in [4.78, 5) is 0. The molecule has 0 spiro atoms. The molecule has 1 fully saturated rings. The fourth-order valence-corrected chi connectivity index (χ4v) is 2.79. The smallest absolute Gasteiger partial charge is 0.273 e. The van der Waals surface area contributed by atoms with E-state index in [2.05, 4.69) is 4.72 Å². The van der Waals surface area contributed by atoms with E-state index in [4.69, 9.17) is 4.55 Å². The second-order valence-electron chi connectivity index (χ2n) is 2.48. The number of rotatable bonds is 2. The van der Waals surface area contributed by atoms with Gasteiger partial charge in [-0.25, -0.2) is 0 Å². The van der Waals surface area contributed by atoms with Crippen LogP contribution in [0.4, 0.5) is 0 Å². The highest BCUT2D eigenvalue weighted by Crippen LogP contribution is 2.16. The molecule has 0 aromatic carbocycles. The average Bonchev–Trinajstić information content (AvgIpc) is 1.85. The molecular weight excluding hydrogens is 186 g/mol. The van der Waals surface area contributed by atoms with Crippen molar-refractivity contribution in [2.24, 2.45) is 0 Å². The summed E-state index contributed by atoms with van der Waals surface area (Å²) >= 11 is 1.81. The van der Waals surface area contributed by atoms with Gasteiger partial charge in [-0.3, -0.25) is 4.55 Å². The van der Waals surface area contributed by atoms with Gasteiger partial charge >= 0.3 is 10.3 Å². The molecule has 66 valence electrons. The van der Waals surface area contributed by atoms with Crippen molar-refractivity contribution < 1.29 is 13.0 Å². The molecule has 1 saturated heterocycles. The Bertz CT molecular complexity index is 208. The molecule has 1 heterocycles. The highest BCUT2D eigenvalue weighted by Gasteiger charge is 2.17. The summed E-state index contributed by atoms with van der Waals surface area (Å²) in [5.74, 6) is 1.93. The van der Waals surface area contributed by atoms with Crippen LogP contribution in [0.1, 0.15) is 12.8 Å². The second kappa shape index (κ2) is 3.75. The Balaban J connectivity index is 2.36. The van der Waals surface area contributed by atoms with E-state index in [1.807, 2.05) is 11.8 Å². The van der Waals surface area contributed by atoms with Crippen molar-refractivity contribution >= 4 is 22.1 Å². The Hall–Kier alpha value is 0.220. The zero-order valence-electron chi connectivity index (χ0n) is 5.99. The molecular formula is C5H11NO3S2. The summed E-state index contributed by atoms with van der Waals surface area (Å²) in [5.41, 5.74) is 0. The lowest BCUT2D eigenvalue weighted by Crippen LogP contribution is -2.36. The van der Waals surface area contributed by atoms with E-state index in [-0.39, 0.29) is 6.04 Å². The van der Waals surface area contributed by atoms with Crippen molar-refractivity contribution in [2.45, 2.75) is 18.9 Å². The average molecular weight is 197 g/mol. The molecule has 1 rings (SSSR count). The molecule has 0 amide bonds. The molecule has 0 aliphatic carbocycles. The van der Waals surface area contributed by atoms with Crippen LogP contribution in [0.2, 0.25) is 0 Å². The minimum Gasteiger partial charge on any atom is -0.273 e. The largest absolute Gasteiger partial charge is 0.333 e. The topological polar surface area (TPSA) is 66.4 Å². The lowest BCUT2D eigenvalue weighted by Gasteiger charge is -2.20. The molecule has 6 heteroatoms. The van der Waals surface area contributed by atoms with Crippen molar-refractivity contribution in [3.05, 3.63) is 0 Å². The summed E-state index contributed by atoms with van der Waals surface area (Å²) < 4.78 is 31.3. The van der Waals surface area contributed by atoms with Crippen molar-refractivity contribution in [3.63, 3.8) is 0 Å². The van der Waals surface area contributed by atoms with Gasteiger partial charge in [-0.2, -0.15) is 24.9 Å². The Morgan fingerprint density at radius 2 is 1.91 bits per heavy atom. The predicted molar refractivity (Wildman–Crippen MR) is 45.0 cm³/mol. The molecule has 0 bridgehead atoms. The van der Waals surface area contributed by atoms with Crippen LogP contribution in [-0.2, 0) is 10.3 Å². The first kappa shape index (κ1) is 9.31. The standard InChI is InChI=1S/C5H11NO3S2/c7-11(8,9)6-5-1-3-10-4-2-5/h5-6H,1-4H2,(H,7,8,9). The first-order chi connectivity index (χ1) is 5.08. The molecule has 1 aliphatic heterocycles. The van der Waals surface area contributed by atoms with Crippen molar-refractivity contribution in [1.29, 1.82) is 0 Å². The van der Waals surface area contributed by atoms with Gasteiger partial charge in [-0.05, 0) is 24.3 Å². The molecule has 0 aromatic rings. The van der Waals surface area contributed by atoms with Gasteiger partial charge in [0, 0.05) is 6.04 Å². The Morgan fingerprint density at radius 3 is 2.36 bits per heavy atom. The SMILES string of the molecule is O=S(=O)(O)NC1CCSCC1. The van der Waals surface area contributed by atoms with E-state index in [1.165, 1.54) is 0 Å². The fourth-order valence-electron chi connectivity index (χ4n) is 1.03. The first-order valence-corrected chi connectivity index (χ1v) is 6.00. The normalized spacial score (nSPS) is 21.9. The van der Waals surface area contributed by atoms with E-state index in [0.717, 1.165) is 24.3 Å². The van der Waals surface area contributed by atoms with Crippen LogP contribution in [-0.4, -0.2) is 30.5 Å². The highest BCUT2D eigenvalue weighted by atomic mass is 32.2. The minimum atomic E-state index is -3.98. The van der Waals surface area contributed by atoms with Gasteiger partial charge in [0.2, 0.25) is 0 Å². The Kier molecular flexibility index (Phi) is 3.17. The van der Waals surface area contributed by atoms with Gasteiger partial charge in [-0.1, -0.05) is 0 Å². The van der Waals surface area contributed by atoms with E-state index in [1.54, 1.807) is 0 Å². The maximum absolute atomic E-state index is 10.3. The predicted octanol–water partition coefficient (Wildman–Crippen LogP) is 0.274. The van der Waals surface area contributed by atoms with Crippen LogP contribution >= 0.6 is 11.8 Å². The number of nitrogens with one attached hydrogen (secondary N) is 1. The van der Waals surface area contributed by atoms with Gasteiger partial charge in [-0.15, -0.1) is 0 Å². The summed E-state index contributed by atoms with van der Waals surface area (Å²) in [6.07, 6.45) is 1.62.